The molecule has 0 N–H and O–H groups in total. The molecule has 0 bridgehead atoms. The standard InChI is InChI=1S/C18H12N2O3S2/c1-22-18(21)15-10-19-16(24-15)9-7-11-6-8-13(23-11)17-20-12-4-2-3-5-14(12)25-17/h2-10H,1H3/b9-7+. The third kappa shape index (κ3) is 3.24. The van der Waals surface area contributed by atoms with Crippen LogP contribution in [0.15, 0.2) is 47.0 Å². The van der Waals surface area contributed by atoms with Gasteiger partial charge in [0.05, 0.1) is 23.5 Å². The third-order valence-corrected chi connectivity index (χ3v) is 5.43. The Balaban J connectivity index is 1.54. The highest BCUT2D eigenvalue weighted by molar-refractivity contribution is 7.21. The Bertz CT molecular complexity index is 1040. The quantitative estimate of drug-likeness (QED) is 0.476. The highest BCUT2D eigenvalue weighted by Crippen LogP contribution is 2.31. The van der Waals surface area contributed by atoms with Gasteiger partial charge in [-0.05, 0) is 36.4 Å². The van der Waals surface area contributed by atoms with Crippen LogP contribution >= 0.6 is 22.7 Å². The van der Waals surface area contributed by atoms with E-state index >= 15 is 0 Å². The predicted molar refractivity (Wildman–Crippen MR) is 99.7 cm³/mol. The molecule has 0 aliphatic rings. The van der Waals surface area contributed by atoms with Gasteiger partial charge in [-0.3, -0.25) is 0 Å². The van der Waals surface area contributed by atoms with Crippen molar-refractivity contribution in [1.29, 1.82) is 0 Å². The zero-order valence-electron chi connectivity index (χ0n) is 13.1. The van der Waals surface area contributed by atoms with Crippen molar-refractivity contribution in [3.63, 3.8) is 0 Å². The van der Waals surface area contributed by atoms with Crippen molar-refractivity contribution in [2.75, 3.05) is 7.11 Å². The molecule has 0 atom stereocenters. The average molecular weight is 368 g/mol. The van der Waals surface area contributed by atoms with Crippen LogP contribution in [0.5, 0.6) is 0 Å². The van der Waals surface area contributed by atoms with Gasteiger partial charge in [-0.15, -0.1) is 22.7 Å². The van der Waals surface area contributed by atoms with E-state index < -0.39 is 0 Å². The smallest absolute Gasteiger partial charge is 0.349 e. The number of rotatable bonds is 4. The van der Waals surface area contributed by atoms with Crippen LogP contribution in [0.3, 0.4) is 0 Å². The van der Waals surface area contributed by atoms with Crippen molar-refractivity contribution in [2.24, 2.45) is 0 Å². The van der Waals surface area contributed by atoms with Crippen molar-refractivity contribution in [3.8, 4) is 10.8 Å². The molecular weight excluding hydrogens is 356 g/mol. The summed E-state index contributed by atoms with van der Waals surface area (Å²) in [5.41, 5.74) is 0.967. The number of esters is 1. The third-order valence-electron chi connectivity index (χ3n) is 3.43. The molecular formula is C18H12N2O3S2. The van der Waals surface area contributed by atoms with E-state index in [1.807, 2.05) is 42.5 Å². The molecule has 0 aliphatic carbocycles. The maximum absolute atomic E-state index is 11.4. The minimum absolute atomic E-state index is 0.381. The summed E-state index contributed by atoms with van der Waals surface area (Å²) < 4.78 is 11.6. The lowest BCUT2D eigenvalue weighted by atomic mass is 10.3. The van der Waals surface area contributed by atoms with E-state index in [9.17, 15) is 4.79 Å². The first-order valence-corrected chi connectivity index (χ1v) is 9.04. The molecule has 0 spiro atoms. The van der Waals surface area contributed by atoms with Crippen LogP contribution in [0, 0.1) is 0 Å². The maximum atomic E-state index is 11.4. The number of fused-ring (bicyclic) bond motifs is 1. The molecule has 0 amide bonds. The number of furan rings is 1. The van der Waals surface area contributed by atoms with Crippen molar-refractivity contribution in [1.82, 2.24) is 9.97 Å². The molecule has 25 heavy (non-hydrogen) atoms. The highest BCUT2D eigenvalue weighted by Gasteiger charge is 2.11. The fraction of sp³-hybridized carbons (Fsp3) is 0.0556. The zero-order valence-corrected chi connectivity index (χ0v) is 14.8. The molecule has 7 heteroatoms. The summed E-state index contributed by atoms with van der Waals surface area (Å²) in [6.07, 6.45) is 5.12. The fourth-order valence-corrected chi connectivity index (χ4v) is 3.91. The normalized spacial score (nSPS) is 11.4. The number of thiazole rings is 2. The molecule has 1 aromatic carbocycles. The van der Waals surface area contributed by atoms with Crippen LogP contribution in [0.25, 0.3) is 33.1 Å². The Morgan fingerprint density at radius 2 is 2.04 bits per heavy atom. The van der Waals surface area contributed by atoms with Gasteiger partial charge in [-0.2, -0.15) is 0 Å². The summed E-state index contributed by atoms with van der Waals surface area (Å²) >= 11 is 2.86. The zero-order chi connectivity index (χ0) is 17.2. The molecule has 4 aromatic rings. The van der Waals surface area contributed by atoms with Gasteiger partial charge in [0, 0.05) is 0 Å². The van der Waals surface area contributed by atoms with Gasteiger partial charge in [0.2, 0.25) is 0 Å². The minimum atomic E-state index is -0.381. The molecule has 0 fully saturated rings. The SMILES string of the molecule is COC(=O)c1cnc(/C=C/c2ccc(-c3nc4ccccc4s3)o2)s1. The maximum Gasteiger partial charge on any atom is 0.349 e. The van der Waals surface area contributed by atoms with E-state index in [1.54, 1.807) is 17.4 Å². The molecule has 3 aromatic heterocycles. The lowest BCUT2D eigenvalue weighted by molar-refractivity contribution is 0.0606. The summed E-state index contributed by atoms with van der Waals surface area (Å²) in [6.45, 7) is 0. The first-order chi connectivity index (χ1) is 12.2. The van der Waals surface area contributed by atoms with Gasteiger partial charge in [0.25, 0.3) is 0 Å². The Kier molecular flexibility index (Phi) is 4.17. The predicted octanol–water partition coefficient (Wildman–Crippen LogP) is 4.97. The topological polar surface area (TPSA) is 65.2 Å². The number of carbonyl (C=O) groups is 1. The lowest BCUT2D eigenvalue weighted by Gasteiger charge is -1.90. The Labute approximate surface area is 151 Å². The number of hydrogen-bond acceptors (Lipinski definition) is 7. The van der Waals surface area contributed by atoms with E-state index in [-0.39, 0.29) is 5.97 Å². The van der Waals surface area contributed by atoms with Crippen molar-refractivity contribution in [2.45, 2.75) is 0 Å². The number of benzene rings is 1. The number of nitrogens with zero attached hydrogens (tertiary/aromatic N) is 2. The van der Waals surface area contributed by atoms with Crippen molar-refractivity contribution in [3.05, 3.63) is 58.2 Å². The van der Waals surface area contributed by atoms with Crippen LogP contribution in [-0.4, -0.2) is 23.0 Å². The van der Waals surface area contributed by atoms with Gasteiger partial charge in [-0.25, -0.2) is 14.8 Å². The highest BCUT2D eigenvalue weighted by atomic mass is 32.1. The second-order valence-electron chi connectivity index (χ2n) is 5.08. The number of hydrogen-bond donors (Lipinski definition) is 0. The van der Waals surface area contributed by atoms with Gasteiger partial charge in [-0.1, -0.05) is 12.1 Å². The Morgan fingerprint density at radius 3 is 2.88 bits per heavy atom. The second kappa shape index (κ2) is 6.62. The first-order valence-electron chi connectivity index (χ1n) is 7.41. The molecule has 0 saturated heterocycles. The summed E-state index contributed by atoms with van der Waals surface area (Å²) in [5, 5.41) is 1.56. The molecule has 3 heterocycles. The van der Waals surface area contributed by atoms with E-state index in [4.69, 9.17) is 4.42 Å². The Morgan fingerprint density at radius 1 is 1.16 bits per heavy atom. The lowest BCUT2D eigenvalue weighted by Crippen LogP contribution is -1.96. The number of ether oxygens (including phenoxy) is 1. The van der Waals surface area contributed by atoms with Crippen LogP contribution < -0.4 is 0 Å². The monoisotopic (exact) mass is 368 g/mol. The van der Waals surface area contributed by atoms with Crippen molar-refractivity contribution >= 4 is 51.0 Å². The molecule has 0 saturated carbocycles. The number of methoxy groups -OCH3 is 1. The number of carbonyl (C=O) groups excluding carboxylic acids is 1. The average Bonchev–Trinajstić information content (AvgIpc) is 3.37. The molecule has 4 rings (SSSR count). The van der Waals surface area contributed by atoms with Gasteiger partial charge in [0.15, 0.2) is 10.8 Å². The van der Waals surface area contributed by atoms with E-state index in [0.717, 1.165) is 21.0 Å². The summed E-state index contributed by atoms with van der Waals surface area (Å²) in [6, 6.07) is 11.8. The Hall–Kier alpha value is -2.77. The van der Waals surface area contributed by atoms with E-state index in [1.165, 1.54) is 24.6 Å². The molecule has 0 radical (unpaired) electrons. The van der Waals surface area contributed by atoms with Gasteiger partial charge < -0.3 is 9.15 Å². The second-order valence-corrected chi connectivity index (χ2v) is 7.17. The van der Waals surface area contributed by atoms with Gasteiger partial charge >= 0.3 is 5.97 Å². The van der Waals surface area contributed by atoms with Crippen LogP contribution in [0.1, 0.15) is 20.4 Å². The fourth-order valence-electron chi connectivity index (χ4n) is 2.25. The summed E-state index contributed by atoms with van der Waals surface area (Å²) in [4.78, 5) is 20.7. The minimum Gasteiger partial charge on any atom is -0.465 e. The van der Waals surface area contributed by atoms with E-state index in [2.05, 4.69) is 14.7 Å². The van der Waals surface area contributed by atoms with E-state index in [0.29, 0.717) is 15.6 Å². The van der Waals surface area contributed by atoms with Gasteiger partial charge in [0.1, 0.15) is 15.6 Å². The first kappa shape index (κ1) is 15.7. The van der Waals surface area contributed by atoms with Crippen LogP contribution in [0.2, 0.25) is 0 Å². The molecule has 124 valence electrons. The number of para-hydroxylation sites is 1. The van der Waals surface area contributed by atoms with Crippen LogP contribution in [-0.2, 0) is 4.74 Å². The number of aromatic nitrogens is 2. The molecule has 0 aliphatic heterocycles. The molecule has 0 unspecified atom stereocenters. The summed E-state index contributed by atoms with van der Waals surface area (Å²) in [5.74, 6) is 1.05. The molecule has 5 nitrogen and oxygen atoms in total. The summed E-state index contributed by atoms with van der Waals surface area (Å²) in [7, 11) is 1.35. The van der Waals surface area contributed by atoms with Crippen LogP contribution in [0.4, 0.5) is 0 Å². The largest absolute Gasteiger partial charge is 0.465 e. The van der Waals surface area contributed by atoms with Crippen molar-refractivity contribution < 1.29 is 13.9 Å².